The second kappa shape index (κ2) is 12.3. The average Bonchev–Trinajstić information content (AvgIpc) is 2.78. The maximum atomic E-state index is 15.0. The van der Waals surface area contributed by atoms with Crippen LogP contribution in [0.25, 0.3) is 0 Å². The third-order valence-corrected chi connectivity index (χ3v) is 8.33. The zero-order chi connectivity index (χ0) is 23.1. The molecule has 3 rings (SSSR count). The van der Waals surface area contributed by atoms with E-state index in [1.54, 1.807) is 13.0 Å². The van der Waals surface area contributed by atoms with Crippen molar-refractivity contribution < 1.29 is 17.9 Å². The Kier molecular flexibility index (Phi) is 9.79. The Balaban J connectivity index is 1.50. The largest absolute Gasteiger partial charge is 0.493 e. The fraction of sp³-hybridized carbons (Fsp3) is 0.786. The van der Waals surface area contributed by atoms with E-state index in [2.05, 4.69) is 6.92 Å². The third-order valence-electron chi connectivity index (χ3n) is 8.33. The van der Waals surface area contributed by atoms with Gasteiger partial charge < -0.3 is 4.74 Å². The summed E-state index contributed by atoms with van der Waals surface area (Å²) in [7, 11) is 0. The second-order valence-corrected chi connectivity index (χ2v) is 10.4. The molecule has 0 N–H and O–H groups in total. The Bertz CT molecular complexity index is 701. The number of alkyl halides is 2. The van der Waals surface area contributed by atoms with Crippen LogP contribution in [0.3, 0.4) is 0 Å². The van der Waals surface area contributed by atoms with Gasteiger partial charge >= 0.3 is 0 Å². The van der Waals surface area contributed by atoms with Crippen LogP contribution in [-0.2, 0) is 6.42 Å². The van der Waals surface area contributed by atoms with E-state index in [9.17, 15) is 13.2 Å². The van der Waals surface area contributed by atoms with Gasteiger partial charge in [-0.3, -0.25) is 0 Å². The number of benzene rings is 1. The van der Waals surface area contributed by atoms with Crippen LogP contribution in [0.2, 0.25) is 0 Å². The van der Waals surface area contributed by atoms with E-state index < -0.39 is 17.8 Å². The van der Waals surface area contributed by atoms with Crippen LogP contribution in [0.4, 0.5) is 13.2 Å². The Labute approximate surface area is 193 Å². The van der Waals surface area contributed by atoms with Gasteiger partial charge in [-0.2, -0.15) is 0 Å². The molecule has 0 spiro atoms. The van der Waals surface area contributed by atoms with Gasteiger partial charge in [-0.1, -0.05) is 51.9 Å². The molecule has 2 fully saturated rings. The van der Waals surface area contributed by atoms with Crippen molar-refractivity contribution in [3.63, 3.8) is 0 Å². The quantitative estimate of drug-likeness (QED) is 0.344. The van der Waals surface area contributed by atoms with Gasteiger partial charge in [0.2, 0.25) is 0 Å². The Morgan fingerprint density at radius 2 is 1.47 bits per heavy atom. The standard InChI is InChI=1S/C28H43F3O/c1-4-6-7-20-8-13-22(14-9-20)23-15-10-21(11-16-23)12-17-24-19(3)18-25(32-5-2)26(27(24)29)28(30)31/h18,20-23,28H,4-17H2,1-3H3. The summed E-state index contributed by atoms with van der Waals surface area (Å²) in [5.41, 5.74) is 0.617. The molecule has 0 heterocycles. The zero-order valence-electron chi connectivity index (χ0n) is 20.4. The zero-order valence-corrected chi connectivity index (χ0v) is 20.4. The molecule has 0 bridgehead atoms. The summed E-state index contributed by atoms with van der Waals surface area (Å²) < 4.78 is 47.3. The molecule has 2 aliphatic rings. The highest BCUT2D eigenvalue weighted by molar-refractivity contribution is 5.44. The lowest BCUT2D eigenvalue weighted by molar-refractivity contribution is 0.138. The number of ether oxygens (including phenoxy) is 1. The highest BCUT2D eigenvalue weighted by Crippen LogP contribution is 2.43. The maximum absolute atomic E-state index is 15.0. The molecule has 32 heavy (non-hydrogen) atoms. The lowest BCUT2D eigenvalue weighted by atomic mass is 9.68. The van der Waals surface area contributed by atoms with Crippen LogP contribution in [0.15, 0.2) is 6.07 Å². The topological polar surface area (TPSA) is 9.23 Å². The van der Waals surface area contributed by atoms with E-state index in [0.29, 0.717) is 17.9 Å². The first-order chi connectivity index (χ1) is 15.4. The van der Waals surface area contributed by atoms with E-state index in [1.165, 1.54) is 70.6 Å². The van der Waals surface area contributed by atoms with E-state index >= 15 is 0 Å². The molecule has 0 unspecified atom stereocenters. The van der Waals surface area contributed by atoms with Crippen LogP contribution in [-0.4, -0.2) is 6.61 Å². The van der Waals surface area contributed by atoms with Crippen LogP contribution >= 0.6 is 0 Å². The molecule has 0 saturated heterocycles. The molecule has 0 atom stereocenters. The number of rotatable bonds is 10. The van der Waals surface area contributed by atoms with Gasteiger partial charge in [-0.25, -0.2) is 13.2 Å². The summed E-state index contributed by atoms with van der Waals surface area (Å²) in [6.45, 7) is 6.07. The van der Waals surface area contributed by atoms with Crippen molar-refractivity contribution in [2.45, 2.75) is 111 Å². The van der Waals surface area contributed by atoms with Crippen molar-refractivity contribution in [3.8, 4) is 5.75 Å². The minimum Gasteiger partial charge on any atom is -0.493 e. The normalized spacial score (nSPS) is 26.5. The van der Waals surface area contributed by atoms with E-state index in [4.69, 9.17) is 4.74 Å². The number of hydrogen-bond acceptors (Lipinski definition) is 1. The molecule has 1 nitrogen and oxygen atoms in total. The van der Waals surface area contributed by atoms with Gasteiger partial charge in [-0.15, -0.1) is 0 Å². The van der Waals surface area contributed by atoms with Crippen molar-refractivity contribution in [2.24, 2.45) is 23.7 Å². The van der Waals surface area contributed by atoms with Crippen molar-refractivity contribution in [1.82, 2.24) is 0 Å². The first kappa shape index (κ1) is 25.4. The second-order valence-electron chi connectivity index (χ2n) is 10.4. The van der Waals surface area contributed by atoms with E-state index in [0.717, 1.165) is 29.7 Å². The molecule has 0 aliphatic heterocycles. The predicted octanol–water partition coefficient (Wildman–Crippen LogP) is 9.21. The van der Waals surface area contributed by atoms with Crippen LogP contribution in [0.5, 0.6) is 5.75 Å². The lowest BCUT2D eigenvalue weighted by Crippen LogP contribution is -2.26. The van der Waals surface area contributed by atoms with Gasteiger partial charge in [0.05, 0.1) is 12.2 Å². The van der Waals surface area contributed by atoms with Crippen molar-refractivity contribution in [1.29, 1.82) is 0 Å². The fourth-order valence-corrected chi connectivity index (χ4v) is 6.33. The minimum atomic E-state index is -2.86. The number of aryl methyl sites for hydroxylation is 1. The summed E-state index contributed by atoms with van der Waals surface area (Å²) in [4.78, 5) is 0. The number of hydrogen-bond donors (Lipinski definition) is 0. The van der Waals surface area contributed by atoms with E-state index in [1.807, 2.05) is 6.92 Å². The lowest BCUT2D eigenvalue weighted by Gasteiger charge is -2.38. The molecule has 0 radical (unpaired) electrons. The predicted molar refractivity (Wildman–Crippen MR) is 126 cm³/mol. The van der Waals surface area contributed by atoms with Crippen molar-refractivity contribution in [3.05, 3.63) is 28.6 Å². The molecule has 0 amide bonds. The highest BCUT2D eigenvalue weighted by Gasteiger charge is 2.31. The summed E-state index contributed by atoms with van der Waals surface area (Å²) >= 11 is 0. The monoisotopic (exact) mass is 452 g/mol. The third kappa shape index (κ3) is 6.44. The van der Waals surface area contributed by atoms with Crippen LogP contribution < -0.4 is 4.74 Å². The molecule has 2 aliphatic carbocycles. The first-order valence-electron chi connectivity index (χ1n) is 13.2. The smallest absolute Gasteiger partial charge is 0.270 e. The van der Waals surface area contributed by atoms with Gasteiger partial charge in [0.15, 0.2) is 0 Å². The Hall–Kier alpha value is -1.19. The van der Waals surface area contributed by atoms with Gasteiger partial charge in [0, 0.05) is 0 Å². The molecule has 2 saturated carbocycles. The van der Waals surface area contributed by atoms with Gasteiger partial charge in [0.1, 0.15) is 11.6 Å². The fourth-order valence-electron chi connectivity index (χ4n) is 6.33. The summed E-state index contributed by atoms with van der Waals surface area (Å²) in [5, 5.41) is 0. The first-order valence-corrected chi connectivity index (χ1v) is 13.2. The summed E-state index contributed by atoms with van der Waals surface area (Å²) in [6, 6.07) is 1.59. The Morgan fingerprint density at radius 1 is 0.906 bits per heavy atom. The maximum Gasteiger partial charge on any atom is 0.270 e. The van der Waals surface area contributed by atoms with Crippen LogP contribution in [0, 0.1) is 36.4 Å². The van der Waals surface area contributed by atoms with Gasteiger partial charge in [-0.05, 0) is 93.2 Å². The average molecular weight is 453 g/mol. The Morgan fingerprint density at radius 3 is 1.97 bits per heavy atom. The molecular weight excluding hydrogens is 409 g/mol. The number of unbranched alkanes of at least 4 members (excludes halogenated alkanes) is 1. The van der Waals surface area contributed by atoms with E-state index in [-0.39, 0.29) is 12.4 Å². The molecule has 0 aromatic heterocycles. The molecule has 4 heteroatoms. The molecule has 1 aromatic carbocycles. The van der Waals surface area contributed by atoms with Gasteiger partial charge in [0.25, 0.3) is 6.43 Å². The summed E-state index contributed by atoms with van der Waals surface area (Å²) in [5.74, 6) is 2.57. The van der Waals surface area contributed by atoms with Crippen molar-refractivity contribution >= 4 is 0 Å². The minimum absolute atomic E-state index is 0.00817. The highest BCUT2D eigenvalue weighted by atomic mass is 19.3. The summed E-state index contributed by atoms with van der Waals surface area (Å²) in [6.07, 6.45) is 13.4. The molecular formula is C28H43F3O. The van der Waals surface area contributed by atoms with Crippen LogP contribution in [0.1, 0.15) is 114 Å². The SMILES string of the molecule is CCCCC1CCC(C2CCC(CCc3c(C)cc(OCC)c(C(F)F)c3F)CC2)CC1. The number of halogens is 3. The van der Waals surface area contributed by atoms with Crippen molar-refractivity contribution in [2.75, 3.05) is 6.61 Å². The molecule has 182 valence electrons. The molecule has 1 aromatic rings.